The van der Waals surface area contributed by atoms with E-state index in [9.17, 15) is 0 Å². The van der Waals surface area contributed by atoms with Gasteiger partial charge in [-0.3, -0.25) is 0 Å². The largest absolute Gasteiger partial charge is 0.0984 e. The fraction of sp³-hybridized carbons (Fsp3) is 0.263. The molecule has 0 aromatic heterocycles. The first-order valence-corrected chi connectivity index (χ1v) is 6.65. The van der Waals surface area contributed by atoms with Crippen LogP contribution in [0.25, 0.3) is 22.9 Å². The lowest BCUT2D eigenvalue weighted by atomic mass is 9.88. The number of hydrogen-bond acceptors (Lipinski definition) is 0. The van der Waals surface area contributed by atoms with E-state index in [1.165, 1.54) is 33.0 Å². The van der Waals surface area contributed by atoms with Crippen molar-refractivity contribution < 1.29 is 0 Å². The Hall–Kier alpha value is -1.82. The lowest BCUT2D eigenvalue weighted by Gasteiger charge is -2.16. The SMILES string of the molecule is C.C=Cc1ccc2c3c(ccc(C)c13)C=CC2.CC. The summed E-state index contributed by atoms with van der Waals surface area (Å²) in [5, 5.41) is 2.79. The van der Waals surface area contributed by atoms with Crippen LogP contribution in [0.5, 0.6) is 0 Å². The molecule has 2 aromatic rings. The molecule has 19 heavy (non-hydrogen) atoms. The summed E-state index contributed by atoms with van der Waals surface area (Å²) < 4.78 is 0. The van der Waals surface area contributed by atoms with Crippen molar-refractivity contribution >= 4 is 22.9 Å². The lowest BCUT2D eigenvalue weighted by Crippen LogP contribution is -1.95. The molecule has 0 nitrogen and oxygen atoms in total. The molecule has 0 amide bonds. The minimum atomic E-state index is 0. The van der Waals surface area contributed by atoms with Crippen LogP contribution < -0.4 is 0 Å². The molecule has 0 unspecified atom stereocenters. The van der Waals surface area contributed by atoms with Crippen molar-refractivity contribution in [2.75, 3.05) is 0 Å². The highest BCUT2D eigenvalue weighted by Crippen LogP contribution is 2.33. The summed E-state index contributed by atoms with van der Waals surface area (Å²) in [6.45, 7) is 10.1. The first-order valence-electron chi connectivity index (χ1n) is 6.65. The van der Waals surface area contributed by atoms with E-state index >= 15 is 0 Å². The predicted molar refractivity (Wildman–Crippen MR) is 89.6 cm³/mol. The van der Waals surface area contributed by atoms with Crippen LogP contribution in [0.4, 0.5) is 0 Å². The van der Waals surface area contributed by atoms with E-state index in [1.54, 1.807) is 0 Å². The highest BCUT2D eigenvalue weighted by atomic mass is 14.2. The van der Waals surface area contributed by atoms with Gasteiger partial charge in [0, 0.05) is 0 Å². The summed E-state index contributed by atoms with van der Waals surface area (Å²) in [5.74, 6) is 0. The predicted octanol–water partition coefficient (Wildman–Crippen LogP) is 6.02. The Morgan fingerprint density at radius 2 is 1.79 bits per heavy atom. The zero-order valence-electron chi connectivity index (χ0n) is 11.5. The van der Waals surface area contributed by atoms with Gasteiger partial charge in [0.15, 0.2) is 0 Å². The molecule has 100 valence electrons. The van der Waals surface area contributed by atoms with E-state index in [0.29, 0.717) is 0 Å². The number of aryl methyl sites for hydroxylation is 1. The van der Waals surface area contributed by atoms with Gasteiger partial charge >= 0.3 is 0 Å². The number of benzene rings is 2. The van der Waals surface area contributed by atoms with E-state index in [2.05, 4.69) is 49.9 Å². The van der Waals surface area contributed by atoms with Crippen molar-refractivity contribution in [1.82, 2.24) is 0 Å². The summed E-state index contributed by atoms with van der Waals surface area (Å²) >= 11 is 0. The molecular weight excluding hydrogens is 228 g/mol. The second-order valence-electron chi connectivity index (χ2n) is 4.35. The maximum atomic E-state index is 3.91. The first kappa shape index (κ1) is 15.2. The molecule has 2 aromatic carbocycles. The Balaban J connectivity index is 0.000000576. The lowest BCUT2D eigenvalue weighted by molar-refractivity contribution is 1.29. The smallest absolute Gasteiger partial charge is 0.00676 e. The molecule has 0 saturated heterocycles. The second kappa shape index (κ2) is 6.38. The summed E-state index contributed by atoms with van der Waals surface area (Å²) in [4.78, 5) is 0. The monoisotopic (exact) mass is 252 g/mol. The van der Waals surface area contributed by atoms with Gasteiger partial charge in [-0.25, -0.2) is 0 Å². The van der Waals surface area contributed by atoms with Crippen LogP contribution in [0.2, 0.25) is 0 Å². The highest BCUT2D eigenvalue weighted by Gasteiger charge is 2.11. The molecule has 0 spiro atoms. The van der Waals surface area contributed by atoms with Gasteiger partial charge in [0.25, 0.3) is 0 Å². The fourth-order valence-electron chi connectivity index (χ4n) is 2.59. The van der Waals surface area contributed by atoms with Crippen LogP contribution in [0, 0.1) is 6.92 Å². The molecule has 0 atom stereocenters. The zero-order chi connectivity index (χ0) is 13.1. The minimum Gasteiger partial charge on any atom is -0.0984 e. The van der Waals surface area contributed by atoms with Gasteiger partial charge in [-0.15, -0.1) is 0 Å². The van der Waals surface area contributed by atoms with Crippen LogP contribution in [0.15, 0.2) is 36.9 Å². The first-order chi connectivity index (χ1) is 8.81. The van der Waals surface area contributed by atoms with Crippen LogP contribution in [-0.4, -0.2) is 0 Å². The summed E-state index contributed by atoms with van der Waals surface area (Å²) in [6.07, 6.45) is 7.46. The molecule has 3 rings (SSSR count). The highest BCUT2D eigenvalue weighted by molar-refractivity contribution is 6.01. The Morgan fingerprint density at radius 1 is 1.05 bits per heavy atom. The topological polar surface area (TPSA) is 0 Å². The van der Waals surface area contributed by atoms with Gasteiger partial charge in [-0.05, 0) is 46.4 Å². The van der Waals surface area contributed by atoms with Crippen molar-refractivity contribution in [3.8, 4) is 0 Å². The minimum absolute atomic E-state index is 0. The molecule has 0 radical (unpaired) electrons. The van der Waals surface area contributed by atoms with E-state index in [4.69, 9.17) is 0 Å². The molecule has 0 heterocycles. The van der Waals surface area contributed by atoms with E-state index in [-0.39, 0.29) is 7.43 Å². The van der Waals surface area contributed by atoms with E-state index in [0.717, 1.165) is 6.42 Å². The molecule has 1 aliphatic rings. The fourth-order valence-corrected chi connectivity index (χ4v) is 2.59. The quantitative estimate of drug-likeness (QED) is 0.582. The van der Waals surface area contributed by atoms with Crippen molar-refractivity contribution in [3.63, 3.8) is 0 Å². The third-order valence-corrected chi connectivity index (χ3v) is 3.37. The van der Waals surface area contributed by atoms with Crippen molar-refractivity contribution in [2.45, 2.75) is 34.6 Å². The molecule has 1 aliphatic carbocycles. The number of rotatable bonds is 1. The number of hydrogen-bond donors (Lipinski definition) is 0. The van der Waals surface area contributed by atoms with Crippen molar-refractivity contribution in [1.29, 1.82) is 0 Å². The number of allylic oxidation sites excluding steroid dienone is 1. The van der Waals surface area contributed by atoms with Crippen LogP contribution >= 0.6 is 0 Å². The van der Waals surface area contributed by atoms with Crippen molar-refractivity contribution in [3.05, 3.63) is 59.2 Å². The molecule has 0 fully saturated rings. The second-order valence-corrected chi connectivity index (χ2v) is 4.35. The van der Waals surface area contributed by atoms with Gasteiger partial charge in [-0.2, -0.15) is 0 Å². The normalized spacial score (nSPS) is 11.3. The maximum absolute atomic E-state index is 3.91. The summed E-state index contributed by atoms with van der Waals surface area (Å²) in [7, 11) is 0. The average molecular weight is 252 g/mol. The van der Waals surface area contributed by atoms with Crippen LogP contribution in [0.1, 0.15) is 43.5 Å². The molecule has 0 aliphatic heterocycles. The van der Waals surface area contributed by atoms with Gasteiger partial charge in [0.1, 0.15) is 0 Å². The molecular formula is C19H24. The average Bonchev–Trinajstić information content (AvgIpc) is 2.45. The maximum Gasteiger partial charge on any atom is -0.00676 e. The summed E-state index contributed by atoms with van der Waals surface area (Å²) in [5.41, 5.74) is 5.35. The zero-order valence-corrected chi connectivity index (χ0v) is 11.5. The molecule has 0 N–H and O–H groups in total. The molecule has 0 saturated carbocycles. The summed E-state index contributed by atoms with van der Waals surface area (Å²) in [6, 6.07) is 8.82. The van der Waals surface area contributed by atoms with Gasteiger partial charge in [-0.1, -0.05) is 70.3 Å². The Morgan fingerprint density at radius 3 is 2.47 bits per heavy atom. The van der Waals surface area contributed by atoms with E-state index < -0.39 is 0 Å². The van der Waals surface area contributed by atoms with Gasteiger partial charge < -0.3 is 0 Å². The Kier molecular flexibility index (Phi) is 5.11. The molecule has 0 heteroatoms. The standard InChI is InChI=1S/C16H14.C2H6.CH4/c1-3-12-9-10-14-6-4-5-13-8-7-11(2)15(12)16(13)14;1-2;/h3-5,7-10H,1,6H2,2H3;1-2H3;1H4. The Bertz CT molecular complexity index is 610. The van der Waals surface area contributed by atoms with Crippen molar-refractivity contribution in [2.24, 2.45) is 0 Å². The van der Waals surface area contributed by atoms with E-state index in [1.807, 2.05) is 19.9 Å². The third-order valence-electron chi connectivity index (χ3n) is 3.37. The van der Waals surface area contributed by atoms with Gasteiger partial charge in [0.2, 0.25) is 0 Å². The third kappa shape index (κ3) is 2.49. The molecule has 0 bridgehead atoms. The Labute approximate surface area is 117 Å². The van der Waals surface area contributed by atoms with Crippen LogP contribution in [-0.2, 0) is 6.42 Å². The van der Waals surface area contributed by atoms with Crippen LogP contribution in [0.3, 0.4) is 0 Å². The van der Waals surface area contributed by atoms with Gasteiger partial charge in [0.05, 0.1) is 0 Å².